The summed E-state index contributed by atoms with van der Waals surface area (Å²) < 4.78 is 13.0. The summed E-state index contributed by atoms with van der Waals surface area (Å²) in [5, 5.41) is 0. The van der Waals surface area contributed by atoms with E-state index in [0.29, 0.717) is 6.61 Å². The molecule has 0 aromatic rings. The van der Waals surface area contributed by atoms with Gasteiger partial charge in [-0.15, -0.1) is 0 Å². The Balaban J connectivity index is 2.71. The van der Waals surface area contributed by atoms with Gasteiger partial charge in [0.05, 0.1) is 6.61 Å². The Morgan fingerprint density at radius 2 is 2.19 bits per heavy atom. The molecule has 1 aliphatic heterocycles. The third kappa shape index (κ3) is 2.84. The molecule has 0 aliphatic carbocycles. The minimum atomic E-state index is -1.86. The third-order valence-corrected chi connectivity index (χ3v) is 7.42. The molecule has 0 aromatic carbocycles. The van der Waals surface area contributed by atoms with Crippen LogP contribution in [0.3, 0.4) is 0 Å². The van der Waals surface area contributed by atoms with Gasteiger partial charge in [0, 0.05) is 7.11 Å². The molecular formula is C11H23NO3Si. The molecule has 1 rings (SSSR count). The summed E-state index contributed by atoms with van der Waals surface area (Å²) in [7, 11) is -0.0961. The first kappa shape index (κ1) is 13.7. The standard InChI is InChI=1S/C11H23NO3Si/c1-5-15-11(13)10(2)12-8-6-7-9-16(12,4)14-3/h10H,5-9H2,1-4H3. The SMILES string of the molecule is CCOC(=O)C(C)N1CCCC[Si]1(C)OC. The van der Waals surface area contributed by atoms with E-state index in [4.69, 9.17) is 9.16 Å². The fraction of sp³-hybridized carbons (Fsp3) is 0.909. The van der Waals surface area contributed by atoms with Crippen molar-refractivity contribution in [1.29, 1.82) is 0 Å². The van der Waals surface area contributed by atoms with Gasteiger partial charge in [0.25, 0.3) is 8.48 Å². The zero-order valence-electron chi connectivity index (χ0n) is 10.8. The van der Waals surface area contributed by atoms with Crippen molar-refractivity contribution in [3.63, 3.8) is 0 Å². The molecule has 0 bridgehead atoms. The largest absolute Gasteiger partial charge is 0.465 e. The molecular weight excluding hydrogens is 222 g/mol. The lowest BCUT2D eigenvalue weighted by molar-refractivity contribution is -0.147. The van der Waals surface area contributed by atoms with Crippen LogP contribution in [0.2, 0.25) is 12.6 Å². The van der Waals surface area contributed by atoms with E-state index < -0.39 is 8.48 Å². The van der Waals surface area contributed by atoms with E-state index in [-0.39, 0.29) is 12.0 Å². The lowest BCUT2D eigenvalue weighted by Crippen LogP contribution is -2.61. The van der Waals surface area contributed by atoms with Gasteiger partial charge in [0.1, 0.15) is 6.04 Å². The molecule has 1 fully saturated rings. The van der Waals surface area contributed by atoms with Crippen LogP contribution in [0.5, 0.6) is 0 Å². The minimum absolute atomic E-state index is 0.125. The van der Waals surface area contributed by atoms with E-state index in [2.05, 4.69) is 11.1 Å². The van der Waals surface area contributed by atoms with Crippen LogP contribution in [-0.4, -0.2) is 45.3 Å². The zero-order valence-corrected chi connectivity index (χ0v) is 11.8. The van der Waals surface area contributed by atoms with Crippen LogP contribution in [0.1, 0.15) is 26.7 Å². The van der Waals surface area contributed by atoms with Gasteiger partial charge < -0.3 is 9.16 Å². The van der Waals surface area contributed by atoms with Gasteiger partial charge in [0.2, 0.25) is 0 Å². The molecule has 94 valence electrons. The topological polar surface area (TPSA) is 38.8 Å². The summed E-state index contributed by atoms with van der Waals surface area (Å²) in [6.07, 6.45) is 2.36. The number of rotatable bonds is 4. The molecule has 0 aromatic heterocycles. The van der Waals surface area contributed by atoms with Crippen LogP contribution in [0, 0.1) is 0 Å². The maximum Gasteiger partial charge on any atom is 0.322 e. The molecule has 0 radical (unpaired) electrons. The summed E-state index contributed by atoms with van der Waals surface area (Å²) in [6.45, 7) is 7.35. The van der Waals surface area contributed by atoms with Crippen molar-refractivity contribution in [1.82, 2.24) is 4.57 Å². The number of carbonyl (C=O) groups excluding carboxylic acids is 1. The van der Waals surface area contributed by atoms with Gasteiger partial charge in [-0.25, -0.2) is 0 Å². The van der Waals surface area contributed by atoms with Crippen LogP contribution in [-0.2, 0) is 14.0 Å². The average Bonchev–Trinajstić information content (AvgIpc) is 2.29. The lowest BCUT2D eigenvalue weighted by atomic mass is 10.3. The maximum atomic E-state index is 11.7. The molecule has 1 heterocycles. The van der Waals surface area contributed by atoms with Gasteiger partial charge in [-0.3, -0.25) is 9.36 Å². The first-order valence-electron chi connectivity index (χ1n) is 6.03. The Bertz CT molecular complexity index is 249. The van der Waals surface area contributed by atoms with Gasteiger partial charge in [0.15, 0.2) is 0 Å². The predicted octanol–water partition coefficient (Wildman–Crippen LogP) is 1.75. The van der Waals surface area contributed by atoms with Crippen molar-refractivity contribution in [2.75, 3.05) is 20.3 Å². The normalized spacial score (nSPS) is 28.8. The van der Waals surface area contributed by atoms with Gasteiger partial charge in [-0.2, -0.15) is 0 Å². The van der Waals surface area contributed by atoms with Crippen LogP contribution >= 0.6 is 0 Å². The van der Waals surface area contributed by atoms with E-state index in [1.54, 1.807) is 7.11 Å². The first-order chi connectivity index (χ1) is 7.55. The fourth-order valence-electron chi connectivity index (χ4n) is 2.33. The molecule has 16 heavy (non-hydrogen) atoms. The van der Waals surface area contributed by atoms with Crippen molar-refractivity contribution in [2.24, 2.45) is 0 Å². The number of hydrogen-bond donors (Lipinski definition) is 0. The Kier molecular flexibility index (Phi) is 4.95. The minimum Gasteiger partial charge on any atom is -0.465 e. The highest BCUT2D eigenvalue weighted by atomic mass is 28.4. The molecule has 4 nitrogen and oxygen atoms in total. The van der Waals surface area contributed by atoms with Crippen LogP contribution < -0.4 is 0 Å². The zero-order chi connectivity index (χ0) is 12.2. The van der Waals surface area contributed by atoms with Crippen LogP contribution in [0.4, 0.5) is 0 Å². The monoisotopic (exact) mass is 245 g/mol. The smallest absolute Gasteiger partial charge is 0.322 e. The van der Waals surface area contributed by atoms with E-state index in [0.717, 1.165) is 19.0 Å². The summed E-state index contributed by atoms with van der Waals surface area (Å²) >= 11 is 0. The predicted molar refractivity (Wildman–Crippen MR) is 65.5 cm³/mol. The highest BCUT2D eigenvalue weighted by molar-refractivity contribution is 6.70. The third-order valence-electron chi connectivity index (χ3n) is 3.43. The maximum absolute atomic E-state index is 11.7. The summed E-state index contributed by atoms with van der Waals surface area (Å²) in [4.78, 5) is 11.7. The van der Waals surface area contributed by atoms with Crippen molar-refractivity contribution < 1.29 is 14.0 Å². The molecule has 0 amide bonds. The average molecular weight is 245 g/mol. The Morgan fingerprint density at radius 3 is 2.75 bits per heavy atom. The summed E-state index contributed by atoms with van der Waals surface area (Å²) in [6, 6.07) is 0.935. The fourth-order valence-corrected chi connectivity index (χ4v) is 5.52. The summed E-state index contributed by atoms with van der Waals surface area (Å²) in [5.41, 5.74) is 0. The molecule has 0 spiro atoms. The van der Waals surface area contributed by atoms with Crippen molar-refractivity contribution in [3.05, 3.63) is 0 Å². The number of carbonyl (C=O) groups is 1. The second-order valence-corrected chi connectivity index (χ2v) is 8.29. The molecule has 2 unspecified atom stereocenters. The Morgan fingerprint density at radius 1 is 1.50 bits per heavy atom. The molecule has 0 N–H and O–H groups in total. The molecule has 2 atom stereocenters. The number of esters is 1. The highest BCUT2D eigenvalue weighted by Crippen LogP contribution is 2.27. The van der Waals surface area contributed by atoms with Gasteiger partial charge in [-0.05, 0) is 39.4 Å². The van der Waals surface area contributed by atoms with E-state index in [9.17, 15) is 4.79 Å². The summed E-state index contributed by atoms with van der Waals surface area (Å²) in [5.74, 6) is -0.125. The van der Waals surface area contributed by atoms with Gasteiger partial charge in [-0.1, -0.05) is 6.42 Å². The van der Waals surface area contributed by atoms with E-state index in [1.165, 1.54) is 6.42 Å². The molecule has 1 saturated heterocycles. The van der Waals surface area contributed by atoms with Crippen molar-refractivity contribution in [3.8, 4) is 0 Å². The highest BCUT2D eigenvalue weighted by Gasteiger charge is 2.42. The first-order valence-corrected chi connectivity index (χ1v) is 8.60. The second-order valence-electron chi connectivity index (χ2n) is 4.46. The van der Waals surface area contributed by atoms with Crippen molar-refractivity contribution >= 4 is 14.4 Å². The molecule has 1 aliphatic rings. The second kappa shape index (κ2) is 5.79. The number of ether oxygens (including phenoxy) is 1. The van der Waals surface area contributed by atoms with Gasteiger partial charge >= 0.3 is 5.97 Å². The van der Waals surface area contributed by atoms with E-state index >= 15 is 0 Å². The Labute approximate surface area is 99.1 Å². The van der Waals surface area contributed by atoms with E-state index in [1.807, 2.05) is 13.8 Å². The number of hydrogen-bond acceptors (Lipinski definition) is 4. The molecule has 0 saturated carbocycles. The number of nitrogens with zero attached hydrogens (tertiary/aromatic N) is 1. The Hall–Kier alpha value is -0.393. The van der Waals surface area contributed by atoms with Crippen LogP contribution in [0.15, 0.2) is 0 Å². The van der Waals surface area contributed by atoms with Crippen LogP contribution in [0.25, 0.3) is 0 Å². The molecule has 5 heteroatoms. The van der Waals surface area contributed by atoms with Crippen molar-refractivity contribution in [2.45, 2.75) is 45.3 Å². The lowest BCUT2D eigenvalue weighted by Gasteiger charge is -2.43. The quantitative estimate of drug-likeness (QED) is 0.559.